The van der Waals surface area contributed by atoms with Crippen molar-refractivity contribution in [1.82, 2.24) is 4.90 Å². The second-order valence-corrected chi connectivity index (χ2v) is 7.76. The van der Waals surface area contributed by atoms with Gasteiger partial charge in [-0.05, 0) is 48.1 Å². The summed E-state index contributed by atoms with van der Waals surface area (Å²) >= 11 is 0. The minimum absolute atomic E-state index is 0.239. The van der Waals surface area contributed by atoms with Crippen LogP contribution in [0.15, 0.2) is 22.6 Å². The van der Waals surface area contributed by atoms with Crippen molar-refractivity contribution in [1.29, 1.82) is 0 Å². The van der Waals surface area contributed by atoms with E-state index in [-0.39, 0.29) is 5.75 Å². The number of rotatable bonds is 3. The first-order valence-corrected chi connectivity index (χ1v) is 9.29. The molecule has 2 aromatic rings. The first-order chi connectivity index (χ1) is 12.0. The van der Waals surface area contributed by atoms with Gasteiger partial charge in [-0.3, -0.25) is 4.90 Å². The molecule has 0 saturated heterocycles. The largest absolute Gasteiger partial charge is 0.504 e. The number of phenolic OH excluding ortho intramolecular Hbond substituents is 1. The third-order valence-electron chi connectivity index (χ3n) is 5.48. The number of hydrogen-bond donors (Lipinski definition) is 1. The highest BCUT2D eigenvalue weighted by atomic mass is 16.5. The fraction of sp³-hybridized carbons (Fsp3) is 0.524. The molecule has 0 fully saturated rings. The molecule has 4 heteroatoms. The summed E-state index contributed by atoms with van der Waals surface area (Å²) in [4.78, 5) is 2.54. The number of furan rings is 1. The monoisotopic (exact) mass is 341 g/mol. The van der Waals surface area contributed by atoms with Gasteiger partial charge < -0.3 is 14.3 Å². The SMILES string of the molecule is COc1cc2c(cc1O)[C@@H]1CCc3oc(CC(C)C)cc3CN1CC2. The average Bonchev–Trinajstić information content (AvgIpc) is 2.84. The molecule has 1 N–H and O–H groups in total. The molecule has 3 heterocycles. The van der Waals surface area contributed by atoms with E-state index < -0.39 is 0 Å². The third kappa shape index (κ3) is 3.04. The molecule has 0 saturated carbocycles. The predicted octanol–water partition coefficient (Wildman–Crippen LogP) is 4.24. The van der Waals surface area contributed by atoms with Crippen LogP contribution in [0.1, 0.15) is 54.5 Å². The molecule has 1 aromatic heterocycles. The van der Waals surface area contributed by atoms with Crippen molar-refractivity contribution in [2.24, 2.45) is 5.92 Å². The van der Waals surface area contributed by atoms with Crippen molar-refractivity contribution in [2.45, 2.75) is 52.1 Å². The zero-order valence-corrected chi connectivity index (χ0v) is 15.3. The number of aryl methyl sites for hydroxylation is 1. The Morgan fingerprint density at radius 2 is 2.08 bits per heavy atom. The summed E-state index contributed by atoms with van der Waals surface area (Å²) in [6, 6.07) is 6.52. The van der Waals surface area contributed by atoms with Crippen LogP contribution in [0.2, 0.25) is 0 Å². The second-order valence-electron chi connectivity index (χ2n) is 7.76. The summed E-state index contributed by atoms with van der Waals surface area (Å²) in [6.45, 7) is 6.43. The normalized spacial score (nSPS) is 19.9. The second kappa shape index (κ2) is 6.41. The highest BCUT2D eigenvalue weighted by Crippen LogP contribution is 2.42. The first kappa shape index (κ1) is 16.5. The van der Waals surface area contributed by atoms with Crippen molar-refractivity contribution in [3.63, 3.8) is 0 Å². The van der Waals surface area contributed by atoms with Crippen LogP contribution in [-0.2, 0) is 25.8 Å². The summed E-state index contributed by atoms with van der Waals surface area (Å²) in [6.07, 6.45) is 3.99. The van der Waals surface area contributed by atoms with E-state index in [1.807, 2.05) is 12.1 Å². The van der Waals surface area contributed by atoms with Crippen LogP contribution in [-0.4, -0.2) is 23.7 Å². The van der Waals surface area contributed by atoms with Gasteiger partial charge >= 0.3 is 0 Å². The summed E-state index contributed by atoms with van der Waals surface area (Å²) in [5.74, 6) is 3.71. The van der Waals surface area contributed by atoms with Crippen molar-refractivity contribution < 1.29 is 14.3 Å². The minimum atomic E-state index is 0.239. The molecule has 134 valence electrons. The molecule has 0 spiro atoms. The Labute approximate surface area is 149 Å². The molecule has 2 aliphatic rings. The highest BCUT2D eigenvalue weighted by Gasteiger charge is 2.32. The van der Waals surface area contributed by atoms with Crippen LogP contribution in [0.3, 0.4) is 0 Å². The number of phenols is 1. The summed E-state index contributed by atoms with van der Waals surface area (Å²) in [5.41, 5.74) is 3.89. The Balaban J connectivity index is 1.62. The van der Waals surface area contributed by atoms with Crippen LogP contribution < -0.4 is 4.74 Å². The Kier molecular flexibility index (Phi) is 4.24. The molecule has 0 aliphatic carbocycles. The number of aromatic hydroxyl groups is 1. The fourth-order valence-corrected chi connectivity index (χ4v) is 4.32. The van der Waals surface area contributed by atoms with Gasteiger partial charge in [-0.15, -0.1) is 0 Å². The molecule has 1 aromatic carbocycles. The quantitative estimate of drug-likeness (QED) is 0.907. The maximum absolute atomic E-state index is 10.2. The zero-order chi connectivity index (χ0) is 17.6. The van der Waals surface area contributed by atoms with Gasteiger partial charge in [0, 0.05) is 37.5 Å². The van der Waals surface area contributed by atoms with Crippen molar-refractivity contribution in [3.05, 3.63) is 46.4 Å². The molecule has 2 aliphatic heterocycles. The van der Waals surface area contributed by atoms with Crippen LogP contribution >= 0.6 is 0 Å². The van der Waals surface area contributed by atoms with Gasteiger partial charge in [-0.1, -0.05) is 13.8 Å². The number of nitrogens with zero attached hydrogens (tertiary/aromatic N) is 1. The molecule has 0 amide bonds. The number of hydrogen-bond acceptors (Lipinski definition) is 4. The van der Waals surface area contributed by atoms with E-state index in [9.17, 15) is 5.11 Å². The van der Waals surface area contributed by atoms with E-state index in [0.29, 0.717) is 17.7 Å². The highest BCUT2D eigenvalue weighted by molar-refractivity contribution is 5.49. The van der Waals surface area contributed by atoms with Gasteiger partial charge in [0.2, 0.25) is 0 Å². The lowest BCUT2D eigenvalue weighted by Crippen LogP contribution is -2.34. The van der Waals surface area contributed by atoms with E-state index in [1.165, 1.54) is 16.7 Å². The lowest BCUT2D eigenvalue weighted by atomic mass is 9.90. The van der Waals surface area contributed by atoms with E-state index in [4.69, 9.17) is 9.15 Å². The van der Waals surface area contributed by atoms with Crippen LogP contribution in [0, 0.1) is 5.92 Å². The Hall–Kier alpha value is -1.94. The summed E-state index contributed by atoms with van der Waals surface area (Å²) in [7, 11) is 1.61. The third-order valence-corrected chi connectivity index (χ3v) is 5.48. The number of methoxy groups -OCH3 is 1. The lowest BCUT2D eigenvalue weighted by molar-refractivity contribution is 0.173. The molecule has 25 heavy (non-hydrogen) atoms. The fourth-order valence-electron chi connectivity index (χ4n) is 4.32. The number of ether oxygens (including phenoxy) is 1. The lowest BCUT2D eigenvalue weighted by Gasteiger charge is -2.36. The van der Waals surface area contributed by atoms with Crippen LogP contribution in [0.5, 0.6) is 11.5 Å². The Morgan fingerprint density at radius 3 is 2.84 bits per heavy atom. The van der Waals surface area contributed by atoms with Gasteiger partial charge in [0.1, 0.15) is 11.5 Å². The molecule has 0 unspecified atom stereocenters. The zero-order valence-electron chi connectivity index (χ0n) is 15.3. The molecule has 0 bridgehead atoms. The van der Waals surface area contributed by atoms with Crippen molar-refractivity contribution >= 4 is 0 Å². The summed E-state index contributed by atoms with van der Waals surface area (Å²) in [5, 5.41) is 10.2. The van der Waals surface area contributed by atoms with Gasteiger partial charge in [0.05, 0.1) is 7.11 Å². The molecule has 4 rings (SSSR count). The van der Waals surface area contributed by atoms with E-state index >= 15 is 0 Å². The molecular formula is C21H27NO3. The maximum atomic E-state index is 10.2. The Bertz CT molecular complexity index is 778. The van der Waals surface area contributed by atoms with Crippen LogP contribution in [0.25, 0.3) is 0 Å². The van der Waals surface area contributed by atoms with E-state index in [2.05, 4.69) is 24.8 Å². The van der Waals surface area contributed by atoms with Crippen molar-refractivity contribution in [3.8, 4) is 11.5 Å². The molecule has 4 nitrogen and oxygen atoms in total. The standard InChI is InChI=1S/C21H27NO3/c1-13(2)8-16-9-15-12-22-7-6-14-10-21(24-3)19(23)11-17(14)18(22)4-5-20(15)25-16/h9-11,13,18,23H,4-8,12H2,1-3H3/t18-/m0/s1. The van der Waals surface area contributed by atoms with Gasteiger partial charge in [-0.25, -0.2) is 0 Å². The molecule has 1 atom stereocenters. The number of benzene rings is 1. The van der Waals surface area contributed by atoms with Gasteiger partial charge in [-0.2, -0.15) is 0 Å². The van der Waals surface area contributed by atoms with Gasteiger partial charge in [0.15, 0.2) is 11.5 Å². The smallest absolute Gasteiger partial charge is 0.160 e. The van der Waals surface area contributed by atoms with Crippen LogP contribution in [0.4, 0.5) is 0 Å². The number of fused-ring (bicyclic) bond motifs is 4. The van der Waals surface area contributed by atoms with E-state index in [0.717, 1.165) is 50.3 Å². The average molecular weight is 341 g/mol. The van der Waals surface area contributed by atoms with E-state index in [1.54, 1.807) is 7.11 Å². The maximum Gasteiger partial charge on any atom is 0.160 e. The first-order valence-electron chi connectivity index (χ1n) is 9.29. The minimum Gasteiger partial charge on any atom is -0.504 e. The molecular weight excluding hydrogens is 314 g/mol. The summed E-state index contributed by atoms with van der Waals surface area (Å²) < 4.78 is 11.4. The van der Waals surface area contributed by atoms with Gasteiger partial charge in [0.25, 0.3) is 0 Å². The Morgan fingerprint density at radius 1 is 1.24 bits per heavy atom. The van der Waals surface area contributed by atoms with Crippen molar-refractivity contribution in [2.75, 3.05) is 13.7 Å². The molecule has 0 radical (unpaired) electrons. The predicted molar refractivity (Wildman–Crippen MR) is 97.1 cm³/mol. The topological polar surface area (TPSA) is 45.8 Å².